The zero-order valence-corrected chi connectivity index (χ0v) is 18.9. The Bertz CT molecular complexity index is 1380. The van der Waals surface area contributed by atoms with Crippen LogP contribution in [-0.4, -0.2) is 65.9 Å². The molecule has 8 nitrogen and oxygen atoms in total. The van der Waals surface area contributed by atoms with Crippen LogP contribution < -0.4 is 21.2 Å². The summed E-state index contributed by atoms with van der Waals surface area (Å²) in [6.45, 7) is 6.42. The molecule has 0 saturated carbocycles. The zero-order valence-electron chi connectivity index (χ0n) is 18.9. The first kappa shape index (κ1) is 21.4. The zero-order chi connectivity index (χ0) is 22.9. The summed E-state index contributed by atoms with van der Waals surface area (Å²) in [6.07, 6.45) is 6.18. The molecule has 166 valence electrons. The Hall–Kier alpha value is -3.46. The van der Waals surface area contributed by atoms with Gasteiger partial charge < -0.3 is 15.2 Å². The van der Waals surface area contributed by atoms with Gasteiger partial charge >= 0.3 is 0 Å². The third-order valence-corrected chi connectivity index (χ3v) is 6.33. The van der Waals surface area contributed by atoms with Crippen molar-refractivity contribution in [2.24, 2.45) is 0 Å². The second kappa shape index (κ2) is 8.82. The number of anilines is 2. The molecular weight excluding hydrogens is 413 g/mol. The number of fused-ring (bicyclic) bond motifs is 2. The van der Waals surface area contributed by atoms with Gasteiger partial charge in [-0.15, -0.1) is 0 Å². The van der Waals surface area contributed by atoms with E-state index in [0.29, 0.717) is 11.9 Å². The molecule has 1 aliphatic rings. The molecule has 1 saturated heterocycles. The van der Waals surface area contributed by atoms with Gasteiger partial charge in [0.05, 0.1) is 22.9 Å². The molecule has 0 aliphatic carbocycles. The molecule has 4 aromatic rings. The highest BCUT2D eigenvalue weighted by molar-refractivity contribution is 6.38. The number of hydrogen-bond acceptors (Lipinski definition) is 7. The summed E-state index contributed by atoms with van der Waals surface area (Å²) in [4.78, 5) is 33.4. The van der Waals surface area contributed by atoms with Crippen molar-refractivity contribution in [3.63, 3.8) is 0 Å². The summed E-state index contributed by atoms with van der Waals surface area (Å²) < 4.78 is 0. The molecule has 2 radical (unpaired) electrons. The third kappa shape index (κ3) is 4.16. The fourth-order valence-corrected chi connectivity index (χ4v) is 4.42. The van der Waals surface area contributed by atoms with Gasteiger partial charge in [-0.1, -0.05) is 12.4 Å². The minimum absolute atomic E-state index is 0.0279. The van der Waals surface area contributed by atoms with Gasteiger partial charge in [0.1, 0.15) is 13.4 Å². The maximum Gasteiger partial charge on any atom is 0.251 e. The monoisotopic (exact) mass is 439 g/mol. The van der Waals surface area contributed by atoms with Crippen LogP contribution in [0.1, 0.15) is 18.1 Å². The molecule has 1 fully saturated rings. The van der Waals surface area contributed by atoms with Crippen LogP contribution in [0.25, 0.3) is 21.9 Å². The van der Waals surface area contributed by atoms with Crippen LogP contribution in [-0.2, 0) is 13.0 Å². The fourth-order valence-electron chi connectivity index (χ4n) is 4.42. The number of aromatic nitrogens is 4. The molecule has 2 N–H and O–H groups in total. The lowest BCUT2D eigenvalue weighted by molar-refractivity contribution is 0.249. The van der Waals surface area contributed by atoms with Crippen molar-refractivity contribution in [2.75, 3.05) is 43.4 Å². The first-order chi connectivity index (χ1) is 16.1. The Morgan fingerprint density at radius 1 is 1.06 bits per heavy atom. The standard InChI is InChI=1S/C24H26BN7O/c1-3-16-9-20-21(30-24(16)33)8-15(11-27-20)14-31-4-6-32(7-5-31)17-10-18-19(25)13-29-23(26-2)22(18)28-12-17/h8-13H,3-7,14H2,1-2H3,(H,26,29)(H,30,33). The first-order valence-electron chi connectivity index (χ1n) is 11.3. The fraction of sp³-hybridized carbons (Fsp3) is 0.333. The number of nitrogens with one attached hydrogen (secondary N) is 2. The molecule has 0 aromatic carbocycles. The summed E-state index contributed by atoms with van der Waals surface area (Å²) in [5, 5.41) is 3.98. The number of hydrogen-bond donors (Lipinski definition) is 2. The Labute approximate surface area is 193 Å². The topological polar surface area (TPSA) is 90.0 Å². The average molecular weight is 439 g/mol. The second-order valence-electron chi connectivity index (χ2n) is 8.42. The number of H-pyrrole nitrogens is 1. The summed E-state index contributed by atoms with van der Waals surface area (Å²) >= 11 is 0. The normalized spacial score (nSPS) is 14.8. The van der Waals surface area contributed by atoms with Gasteiger partial charge in [0.15, 0.2) is 5.82 Å². The summed E-state index contributed by atoms with van der Waals surface area (Å²) in [7, 11) is 8.00. The lowest BCUT2D eigenvalue weighted by atomic mass is 9.93. The second-order valence-corrected chi connectivity index (χ2v) is 8.42. The highest BCUT2D eigenvalue weighted by Gasteiger charge is 2.19. The van der Waals surface area contributed by atoms with Crippen molar-refractivity contribution in [1.29, 1.82) is 0 Å². The van der Waals surface area contributed by atoms with Crippen molar-refractivity contribution >= 4 is 46.8 Å². The van der Waals surface area contributed by atoms with E-state index in [0.717, 1.165) is 77.3 Å². The van der Waals surface area contributed by atoms with E-state index in [-0.39, 0.29) is 5.56 Å². The number of nitrogens with zero attached hydrogens (tertiary/aromatic N) is 5. The smallest absolute Gasteiger partial charge is 0.251 e. The quantitative estimate of drug-likeness (QED) is 0.457. The maximum absolute atomic E-state index is 12.2. The molecule has 5 rings (SSSR count). The van der Waals surface area contributed by atoms with E-state index in [1.54, 1.807) is 6.20 Å². The Morgan fingerprint density at radius 2 is 1.88 bits per heavy atom. The van der Waals surface area contributed by atoms with Crippen LogP contribution in [0.5, 0.6) is 0 Å². The van der Waals surface area contributed by atoms with E-state index in [1.165, 1.54) is 0 Å². The molecule has 0 amide bonds. The SMILES string of the molecule is [B]c1cnc(NC)c2ncc(N3CCN(Cc4cnc5cc(CC)c(=O)[nH]c5c4)CC3)cc12. The van der Waals surface area contributed by atoms with Gasteiger partial charge in [0, 0.05) is 63.1 Å². The number of aromatic amines is 1. The molecule has 0 bridgehead atoms. The van der Waals surface area contributed by atoms with E-state index in [9.17, 15) is 4.79 Å². The molecule has 0 unspecified atom stereocenters. The van der Waals surface area contributed by atoms with Gasteiger partial charge in [-0.05, 0) is 30.2 Å². The van der Waals surface area contributed by atoms with Crippen LogP contribution in [0.15, 0.2) is 41.6 Å². The lowest BCUT2D eigenvalue weighted by Gasteiger charge is -2.36. The summed E-state index contributed by atoms with van der Waals surface area (Å²) in [5.41, 5.74) is 5.95. The number of pyridine rings is 4. The van der Waals surface area contributed by atoms with Gasteiger partial charge in [0.25, 0.3) is 5.56 Å². The Kier molecular flexibility index (Phi) is 5.72. The van der Waals surface area contributed by atoms with Crippen molar-refractivity contribution in [1.82, 2.24) is 24.8 Å². The number of aryl methyl sites for hydroxylation is 1. The predicted molar refractivity (Wildman–Crippen MR) is 134 cm³/mol. The average Bonchev–Trinajstić information content (AvgIpc) is 2.84. The molecule has 9 heteroatoms. The van der Waals surface area contributed by atoms with Gasteiger partial charge in [-0.2, -0.15) is 0 Å². The largest absolute Gasteiger partial charge is 0.371 e. The van der Waals surface area contributed by atoms with Gasteiger partial charge in [-0.25, -0.2) is 4.98 Å². The Balaban J connectivity index is 1.28. The predicted octanol–water partition coefficient (Wildman–Crippen LogP) is 1.59. The van der Waals surface area contributed by atoms with Crippen LogP contribution in [0.4, 0.5) is 11.5 Å². The van der Waals surface area contributed by atoms with E-state index in [2.05, 4.69) is 41.1 Å². The lowest BCUT2D eigenvalue weighted by Crippen LogP contribution is -2.46. The molecule has 1 aliphatic heterocycles. The van der Waals surface area contributed by atoms with Crippen molar-refractivity contribution < 1.29 is 0 Å². The van der Waals surface area contributed by atoms with Gasteiger partial charge in [0.2, 0.25) is 0 Å². The molecule has 0 spiro atoms. The molecular formula is C24H26BN7O. The summed E-state index contributed by atoms with van der Waals surface area (Å²) in [5.74, 6) is 0.729. The number of rotatable bonds is 5. The van der Waals surface area contributed by atoms with Crippen LogP contribution in [0.3, 0.4) is 0 Å². The van der Waals surface area contributed by atoms with Crippen molar-refractivity contribution in [2.45, 2.75) is 19.9 Å². The number of piperazine rings is 1. The highest BCUT2D eigenvalue weighted by atomic mass is 16.1. The molecule has 33 heavy (non-hydrogen) atoms. The van der Waals surface area contributed by atoms with Crippen LogP contribution in [0.2, 0.25) is 0 Å². The van der Waals surface area contributed by atoms with E-state index >= 15 is 0 Å². The van der Waals surface area contributed by atoms with E-state index in [4.69, 9.17) is 7.85 Å². The summed E-state index contributed by atoms with van der Waals surface area (Å²) in [6, 6.07) is 6.03. The Morgan fingerprint density at radius 3 is 2.64 bits per heavy atom. The molecule has 4 aromatic heterocycles. The third-order valence-electron chi connectivity index (χ3n) is 6.33. The minimum Gasteiger partial charge on any atom is -0.371 e. The van der Waals surface area contributed by atoms with E-state index < -0.39 is 0 Å². The molecule has 0 atom stereocenters. The van der Waals surface area contributed by atoms with Crippen molar-refractivity contribution in [3.05, 3.63) is 58.3 Å². The van der Waals surface area contributed by atoms with Gasteiger partial charge in [-0.3, -0.25) is 19.7 Å². The van der Waals surface area contributed by atoms with E-state index in [1.807, 2.05) is 38.5 Å². The minimum atomic E-state index is -0.0279. The highest BCUT2D eigenvalue weighted by Crippen LogP contribution is 2.23. The maximum atomic E-state index is 12.2. The van der Waals surface area contributed by atoms with Crippen LogP contribution in [0, 0.1) is 0 Å². The van der Waals surface area contributed by atoms with Crippen molar-refractivity contribution in [3.8, 4) is 0 Å². The van der Waals surface area contributed by atoms with Crippen LogP contribution >= 0.6 is 0 Å². The molecule has 5 heterocycles. The first-order valence-corrected chi connectivity index (χ1v) is 11.3.